The van der Waals surface area contributed by atoms with Crippen LogP contribution in [-0.2, 0) is 28.7 Å². The van der Waals surface area contributed by atoms with Crippen molar-refractivity contribution in [2.75, 3.05) is 31.1 Å². The number of benzene rings is 2. The summed E-state index contributed by atoms with van der Waals surface area (Å²) >= 11 is 3.75. The topological polar surface area (TPSA) is 125 Å². The Hall–Kier alpha value is -3.80. The first kappa shape index (κ1) is 37.5. The van der Waals surface area contributed by atoms with Gasteiger partial charge >= 0.3 is 5.97 Å². The van der Waals surface area contributed by atoms with E-state index in [9.17, 15) is 24.3 Å². The molecule has 1 spiro atoms. The predicted molar refractivity (Wildman–Crippen MR) is 195 cm³/mol. The number of nitrogens with one attached hydrogen (secondary N) is 1. The van der Waals surface area contributed by atoms with Gasteiger partial charge in [-0.3, -0.25) is 19.2 Å². The Kier molecular flexibility index (Phi) is 12.3. The van der Waals surface area contributed by atoms with Crippen LogP contribution in [0, 0.1) is 25.7 Å². The molecule has 2 bridgehead atoms. The summed E-state index contributed by atoms with van der Waals surface area (Å²) in [5.41, 5.74) is 2.00. The number of likely N-dealkylation sites (tertiary alicyclic amines) is 1. The van der Waals surface area contributed by atoms with Gasteiger partial charge in [-0.1, -0.05) is 76.6 Å². The largest absolute Gasteiger partial charge is 0.455 e. The third-order valence-electron chi connectivity index (χ3n) is 10.1. The van der Waals surface area contributed by atoms with Crippen LogP contribution in [0.25, 0.3) is 0 Å². The molecule has 50 heavy (non-hydrogen) atoms. The van der Waals surface area contributed by atoms with Crippen LogP contribution in [-0.4, -0.2) is 82.5 Å². The number of aliphatic hydroxyl groups excluding tert-OH is 1. The summed E-state index contributed by atoms with van der Waals surface area (Å²) in [6.07, 6.45) is 4.77. The van der Waals surface area contributed by atoms with Crippen LogP contribution >= 0.6 is 15.9 Å². The Balaban J connectivity index is 1.50. The molecular weight excluding hydrogens is 702 g/mol. The summed E-state index contributed by atoms with van der Waals surface area (Å²) in [5, 5.41) is 12.3. The van der Waals surface area contributed by atoms with Gasteiger partial charge in [0.15, 0.2) is 0 Å². The number of esters is 1. The van der Waals surface area contributed by atoms with Crippen molar-refractivity contribution in [3.8, 4) is 0 Å². The van der Waals surface area contributed by atoms with Gasteiger partial charge < -0.3 is 29.7 Å². The molecule has 268 valence electrons. The van der Waals surface area contributed by atoms with Gasteiger partial charge in [0.25, 0.3) is 5.91 Å². The molecule has 0 radical (unpaired) electrons. The number of hydrogen-bond acceptors (Lipinski definition) is 7. The number of nitrogens with zero attached hydrogens (tertiary/aromatic N) is 2. The number of amides is 3. The Bertz CT molecular complexity index is 1560. The Morgan fingerprint density at radius 1 is 1.10 bits per heavy atom. The van der Waals surface area contributed by atoms with Crippen molar-refractivity contribution >= 4 is 45.3 Å². The minimum absolute atomic E-state index is 0.0316. The lowest BCUT2D eigenvalue weighted by atomic mass is 9.70. The third kappa shape index (κ3) is 7.31. The first-order chi connectivity index (χ1) is 24.1. The minimum atomic E-state index is -1.27. The Morgan fingerprint density at radius 3 is 2.48 bits per heavy atom. The number of anilines is 1. The van der Waals surface area contributed by atoms with Crippen molar-refractivity contribution in [3.05, 3.63) is 90.5 Å². The fourth-order valence-corrected chi connectivity index (χ4v) is 8.87. The lowest BCUT2D eigenvalue weighted by molar-refractivity contribution is -0.160. The minimum Gasteiger partial charge on any atom is -0.455 e. The van der Waals surface area contributed by atoms with E-state index in [1.807, 2.05) is 62.4 Å². The summed E-state index contributed by atoms with van der Waals surface area (Å²) in [7, 11) is 0. The SMILES string of the molecule is C=CCCC(=O)NC[C@@H](OC(=O)[C@H]1[C@@H]2O[C@@]3(CC2Br)[C@@H]1C(=O)N(CCCCCO)[C@@H]3C(=O)N(CC=C)c1c(C)cccc1C)c1ccccc1. The zero-order chi connectivity index (χ0) is 36.0. The van der Waals surface area contributed by atoms with Gasteiger partial charge in [0.05, 0.1) is 24.5 Å². The van der Waals surface area contributed by atoms with E-state index in [-0.39, 0.29) is 55.2 Å². The summed E-state index contributed by atoms with van der Waals surface area (Å²) in [6.45, 7) is 12.1. The molecule has 0 aliphatic carbocycles. The van der Waals surface area contributed by atoms with Crippen molar-refractivity contribution in [1.29, 1.82) is 0 Å². The quantitative estimate of drug-likeness (QED) is 0.0999. The number of aryl methyl sites for hydroxylation is 2. The fourth-order valence-electron chi connectivity index (χ4n) is 7.93. The highest BCUT2D eigenvalue weighted by atomic mass is 79.9. The van der Waals surface area contributed by atoms with Crippen molar-refractivity contribution < 1.29 is 33.8 Å². The van der Waals surface area contributed by atoms with Gasteiger partial charge in [-0.15, -0.1) is 13.2 Å². The first-order valence-corrected chi connectivity index (χ1v) is 18.4. The molecule has 0 aromatic heterocycles. The zero-order valence-corrected chi connectivity index (χ0v) is 30.5. The number of rotatable bonds is 17. The summed E-state index contributed by atoms with van der Waals surface area (Å²) in [5.74, 6) is -3.33. The van der Waals surface area contributed by atoms with Gasteiger partial charge in [-0.05, 0) is 62.6 Å². The normalized spacial score (nSPS) is 25.6. The number of aliphatic hydroxyl groups is 1. The van der Waals surface area contributed by atoms with Crippen molar-refractivity contribution in [1.82, 2.24) is 10.2 Å². The molecule has 11 heteroatoms. The van der Waals surface area contributed by atoms with Crippen LogP contribution in [0.1, 0.15) is 61.3 Å². The molecule has 0 saturated carbocycles. The van der Waals surface area contributed by atoms with Crippen LogP contribution < -0.4 is 10.2 Å². The van der Waals surface area contributed by atoms with E-state index in [4.69, 9.17) is 9.47 Å². The number of halogens is 1. The number of allylic oxidation sites excluding steroid dienone is 1. The maximum Gasteiger partial charge on any atom is 0.313 e. The highest BCUT2D eigenvalue weighted by Crippen LogP contribution is 2.60. The highest BCUT2D eigenvalue weighted by Gasteiger charge is 2.77. The molecule has 10 nitrogen and oxygen atoms in total. The molecule has 7 atom stereocenters. The number of carbonyl (C=O) groups excluding carboxylic acids is 4. The van der Waals surface area contributed by atoms with E-state index in [0.29, 0.717) is 37.7 Å². The zero-order valence-electron chi connectivity index (χ0n) is 28.9. The average molecular weight is 751 g/mol. The van der Waals surface area contributed by atoms with Crippen molar-refractivity contribution in [3.63, 3.8) is 0 Å². The average Bonchev–Trinajstić information content (AvgIpc) is 3.70. The first-order valence-electron chi connectivity index (χ1n) is 17.4. The van der Waals surface area contributed by atoms with Crippen LogP contribution in [0.5, 0.6) is 0 Å². The maximum atomic E-state index is 15.0. The van der Waals surface area contributed by atoms with E-state index in [2.05, 4.69) is 34.4 Å². The molecule has 3 heterocycles. The van der Waals surface area contributed by atoms with E-state index < -0.39 is 41.7 Å². The van der Waals surface area contributed by atoms with E-state index in [0.717, 1.165) is 16.8 Å². The molecule has 3 saturated heterocycles. The predicted octanol–water partition coefficient (Wildman–Crippen LogP) is 5.10. The number of hydrogen-bond donors (Lipinski definition) is 2. The number of unbranched alkanes of at least 4 members (excludes halogenated alkanes) is 2. The van der Waals surface area contributed by atoms with Crippen molar-refractivity contribution in [2.45, 2.75) is 81.1 Å². The highest BCUT2D eigenvalue weighted by molar-refractivity contribution is 9.09. The number of para-hydroxylation sites is 1. The van der Waals surface area contributed by atoms with Gasteiger partial charge in [-0.2, -0.15) is 0 Å². The van der Waals surface area contributed by atoms with Crippen molar-refractivity contribution in [2.24, 2.45) is 11.8 Å². The molecule has 2 aromatic carbocycles. The smallest absolute Gasteiger partial charge is 0.313 e. The van der Waals surface area contributed by atoms with E-state index in [1.165, 1.54) is 0 Å². The molecule has 1 unspecified atom stereocenters. The molecule has 2 aromatic rings. The lowest BCUT2D eigenvalue weighted by Crippen LogP contribution is -2.57. The van der Waals surface area contributed by atoms with Gasteiger partial charge in [-0.25, -0.2) is 0 Å². The second-order valence-corrected chi connectivity index (χ2v) is 14.6. The maximum absolute atomic E-state index is 15.0. The van der Waals surface area contributed by atoms with Crippen LogP contribution in [0.4, 0.5) is 5.69 Å². The molecule has 3 aliphatic heterocycles. The number of carbonyl (C=O) groups is 4. The summed E-state index contributed by atoms with van der Waals surface area (Å²) in [4.78, 5) is 59.4. The number of fused-ring (bicyclic) bond motifs is 1. The second-order valence-electron chi connectivity index (χ2n) is 13.4. The summed E-state index contributed by atoms with van der Waals surface area (Å²) < 4.78 is 12.9. The fraction of sp³-hybridized carbons (Fsp3) is 0.487. The molecule has 2 N–H and O–H groups in total. The number of alkyl halides is 1. The Labute approximate surface area is 303 Å². The Morgan fingerprint density at radius 2 is 1.82 bits per heavy atom. The lowest BCUT2D eigenvalue weighted by Gasteiger charge is -2.38. The van der Waals surface area contributed by atoms with E-state index in [1.54, 1.807) is 22.0 Å². The number of ether oxygens (including phenoxy) is 2. The van der Waals surface area contributed by atoms with Crippen LogP contribution in [0.15, 0.2) is 73.8 Å². The molecule has 3 fully saturated rings. The monoisotopic (exact) mass is 749 g/mol. The van der Waals surface area contributed by atoms with Gasteiger partial charge in [0.1, 0.15) is 17.7 Å². The summed E-state index contributed by atoms with van der Waals surface area (Å²) in [6, 6.07) is 14.0. The van der Waals surface area contributed by atoms with Crippen LogP contribution in [0.2, 0.25) is 0 Å². The van der Waals surface area contributed by atoms with Crippen LogP contribution in [0.3, 0.4) is 0 Å². The molecule has 5 rings (SSSR count). The third-order valence-corrected chi connectivity index (χ3v) is 11.0. The molecule has 3 aliphatic rings. The molecular formula is C39H48BrN3O7. The molecule has 3 amide bonds. The standard InChI is InChI=1S/C39H48BrN3O7/c1-5-7-19-30(45)41-24-29(27-17-10-8-11-18-27)49-38(48)31-32-36(46)43(21-12-9-13-22-44)35(39(32)23-28(40)34(31)50-39)37(47)42(20-6-2)33-25(3)15-14-16-26(33)4/h5-6,8,10-11,14-18,28-29,31-32,34-35,44H,1-2,7,9,12-13,19-24H2,3-4H3,(H,41,45)/t28?,29-,31-,32+,34-,35-,39+/m1/s1. The van der Waals surface area contributed by atoms with E-state index >= 15 is 0 Å². The van der Waals surface area contributed by atoms with Gasteiger partial charge in [0.2, 0.25) is 11.8 Å². The second kappa shape index (κ2) is 16.5. The van der Waals surface area contributed by atoms with Gasteiger partial charge in [0, 0.05) is 36.6 Å².